The van der Waals surface area contributed by atoms with Crippen LogP contribution < -0.4 is 5.01 Å². The molecule has 0 N–H and O–H groups in total. The molecule has 0 bridgehead atoms. The van der Waals surface area contributed by atoms with Crippen molar-refractivity contribution in [1.82, 2.24) is 0 Å². The Hall–Kier alpha value is -3.36. The first kappa shape index (κ1) is 14.1. The van der Waals surface area contributed by atoms with Crippen LogP contribution in [0.15, 0.2) is 53.8 Å². The molecular weight excluding hydrogens is 280 g/mol. The highest BCUT2D eigenvalue weighted by Gasteiger charge is 2.26. The third-order valence-corrected chi connectivity index (χ3v) is 2.69. The minimum Gasteiger partial charge on any atom is -0.258 e. The zero-order valence-electron chi connectivity index (χ0n) is 10.4. The van der Waals surface area contributed by atoms with Crippen molar-refractivity contribution in [3.8, 4) is 0 Å². The van der Waals surface area contributed by atoms with E-state index < -0.39 is 9.85 Å². The van der Waals surface area contributed by atoms with E-state index in [9.17, 15) is 25.1 Å². The number of nitro groups is 2. The van der Waals surface area contributed by atoms with Gasteiger partial charge in [-0.1, -0.05) is 24.3 Å². The second kappa shape index (κ2) is 5.74. The van der Waals surface area contributed by atoms with E-state index in [0.717, 1.165) is 0 Å². The maximum absolute atomic E-state index is 11.1. The third kappa shape index (κ3) is 2.66. The SMILES string of the molecule is O=NN(c1ccccc1[N+](=O)[O-])c1ccccc1[N+](=O)[O-]. The first-order valence-corrected chi connectivity index (χ1v) is 5.66. The highest BCUT2D eigenvalue weighted by Crippen LogP contribution is 2.38. The molecule has 0 saturated heterocycles. The molecule has 2 aromatic rings. The van der Waals surface area contributed by atoms with Gasteiger partial charge in [-0.3, -0.25) is 20.2 Å². The normalized spacial score (nSPS) is 9.90. The minimum absolute atomic E-state index is 0.146. The summed E-state index contributed by atoms with van der Waals surface area (Å²) < 4.78 is 0. The quantitative estimate of drug-likeness (QED) is 0.473. The smallest absolute Gasteiger partial charge is 0.258 e. The Kier molecular flexibility index (Phi) is 3.84. The molecule has 21 heavy (non-hydrogen) atoms. The summed E-state index contributed by atoms with van der Waals surface area (Å²) >= 11 is 0. The average molecular weight is 288 g/mol. The van der Waals surface area contributed by atoms with Crippen molar-refractivity contribution < 1.29 is 9.85 Å². The molecule has 0 spiro atoms. The molecule has 0 aliphatic carbocycles. The van der Waals surface area contributed by atoms with E-state index in [-0.39, 0.29) is 22.7 Å². The van der Waals surface area contributed by atoms with Crippen molar-refractivity contribution in [3.63, 3.8) is 0 Å². The Bertz CT molecular complexity index is 661. The van der Waals surface area contributed by atoms with E-state index in [1.165, 1.54) is 48.5 Å². The lowest BCUT2D eigenvalue weighted by atomic mass is 10.2. The Morgan fingerprint density at radius 3 is 1.52 bits per heavy atom. The van der Waals surface area contributed by atoms with Crippen molar-refractivity contribution in [1.29, 1.82) is 0 Å². The van der Waals surface area contributed by atoms with E-state index in [4.69, 9.17) is 0 Å². The van der Waals surface area contributed by atoms with E-state index >= 15 is 0 Å². The molecular formula is C12H8N4O5. The third-order valence-electron chi connectivity index (χ3n) is 2.69. The Labute approximate surface area is 117 Å². The summed E-state index contributed by atoms with van der Waals surface area (Å²) in [6, 6.07) is 10.7. The Morgan fingerprint density at radius 1 is 0.810 bits per heavy atom. The van der Waals surface area contributed by atoms with Gasteiger partial charge in [-0.05, 0) is 12.1 Å². The van der Waals surface area contributed by atoms with Crippen LogP contribution >= 0.6 is 0 Å². The number of hydrogen-bond acceptors (Lipinski definition) is 6. The summed E-state index contributed by atoms with van der Waals surface area (Å²) in [6.45, 7) is 0. The molecule has 0 atom stereocenters. The zero-order valence-corrected chi connectivity index (χ0v) is 10.4. The number of hydrogen-bond donors (Lipinski definition) is 0. The molecule has 0 aromatic heterocycles. The van der Waals surface area contributed by atoms with Crippen LogP contribution in [-0.2, 0) is 0 Å². The van der Waals surface area contributed by atoms with Crippen molar-refractivity contribution >= 4 is 22.7 Å². The molecule has 106 valence electrons. The summed E-state index contributed by atoms with van der Waals surface area (Å²) in [5.41, 5.74) is -1.05. The van der Waals surface area contributed by atoms with E-state index in [1.54, 1.807) is 0 Å². The average Bonchev–Trinajstić information content (AvgIpc) is 2.48. The molecule has 0 fully saturated rings. The predicted molar refractivity (Wildman–Crippen MR) is 74.1 cm³/mol. The maximum Gasteiger partial charge on any atom is 0.295 e. The molecule has 0 amide bonds. The number of para-hydroxylation sites is 4. The largest absolute Gasteiger partial charge is 0.295 e. The van der Waals surface area contributed by atoms with Gasteiger partial charge >= 0.3 is 0 Å². The second-order valence-electron chi connectivity index (χ2n) is 3.89. The van der Waals surface area contributed by atoms with Gasteiger partial charge < -0.3 is 0 Å². The first-order valence-electron chi connectivity index (χ1n) is 5.66. The van der Waals surface area contributed by atoms with Gasteiger partial charge in [0.2, 0.25) is 0 Å². The highest BCUT2D eigenvalue weighted by molar-refractivity contribution is 5.76. The van der Waals surface area contributed by atoms with Crippen LogP contribution in [0.3, 0.4) is 0 Å². The standard InChI is InChI=1S/C12H8N4O5/c17-13-14(9-5-1-3-7-11(9)15(18)19)10-6-2-4-8-12(10)16(20)21/h1-8H. The lowest BCUT2D eigenvalue weighted by Gasteiger charge is -2.14. The first-order chi connectivity index (χ1) is 10.1. The summed E-state index contributed by atoms with van der Waals surface area (Å²) in [5, 5.41) is 25.3. The van der Waals surface area contributed by atoms with Crippen LogP contribution in [0, 0.1) is 25.1 Å². The summed E-state index contributed by atoms with van der Waals surface area (Å²) in [6.07, 6.45) is 0. The van der Waals surface area contributed by atoms with Crippen molar-refractivity contribution in [2.24, 2.45) is 5.29 Å². The fraction of sp³-hybridized carbons (Fsp3) is 0. The summed E-state index contributed by atoms with van der Waals surface area (Å²) in [7, 11) is 0. The minimum atomic E-state index is -0.692. The van der Waals surface area contributed by atoms with Gasteiger partial charge in [-0.15, -0.1) is 4.91 Å². The maximum atomic E-state index is 11.1. The Balaban J connectivity index is 2.64. The molecule has 0 aliphatic heterocycles. The van der Waals surface area contributed by atoms with Crippen LogP contribution in [0.25, 0.3) is 0 Å². The van der Waals surface area contributed by atoms with Crippen molar-refractivity contribution in [3.05, 3.63) is 73.7 Å². The van der Waals surface area contributed by atoms with Gasteiger partial charge in [0.15, 0.2) is 0 Å². The zero-order chi connectivity index (χ0) is 15.4. The number of anilines is 2. The van der Waals surface area contributed by atoms with Crippen LogP contribution in [0.5, 0.6) is 0 Å². The molecule has 2 rings (SSSR count). The molecule has 0 unspecified atom stereocenters. The van der Waals surface area contributed by atoms with Crippen LogP contribution in [-0.4, -0.2) is 9.85 Å². The lowest BCUT2D eigenvalue weighted by Crippen LogP contribution is -2.11. The lowest BCUT2D eigenvalue weighted by molar-refractivity contribution is -0.384. The van der Waals surface area contributed by atoms with Crippen molar-refractivity contribution in [2.75, 3.05) is 5.01 Å². The molecule has 0 aliphatic rings. The number of rotatable bonds is 5. The van der Waals surface area contributed by atoms with Crippen molar-refractivity contribution in [2.45, 2.75) is 0 Å². The molecule has 0 heterocycles. The van der Waals surface area contributed by atoms with Gasteiger partial charge in [-0.2, -0.15) is 5.01 Å². The van der Waals surface area contributed by atoms with Crippen LogP contribution in [0.2, 0.25) is 0 Å². The Morgan fingerprint density at radius 2 is 1.19 bits per heavy atom. The van der Waals surface area contributed by atoms with E-state index in [1.807, 2.05) is 0 Å². The van der Waals surface area contributed by atoms with Gasteiger partial charge in [0.25, 0.3) is 11.4 Å². The fourth-order valence-corrected chi connectivity index (χ4v) is 1.81. The summed E-state index contributed by atoms with van der Waals surface area (Å²) in [4.78, 5) is 31.7. The number of nitro benzene ring substituents is 2. The monoisotopic (exact) mass is 288 g/mol. The van der Waals surface area contributed by atoms with Gasteiger partial charge in [0.1, 0.15) is 11.4 Å². The fourth-order valence-electron chi connectivity index (χ4n) is 1.81. The second-order valence-corrected chi connectivity index (χ2v) is 3.89. The number of nitrogens with zero attached hydrogens (tertiary/aromatic N) is 4. The highest BCUT2D eigenvalue weighted by atomic mass is 16.6. The molecule has 9 heteroatoms. The van der Waals surface area contributed by atoms with Crippen LogP contribution in [0.1, 0.15) is 0 Å². The molecule has 0 saturated carbocycles. The number of nitroso groups, excluding NO2 is 1. The van der Waals surface area contributed by atoms with Gasteiger partial charge in [-0.25, -0.2) is 0 Å². The van der Waals surface area contributed by atoms with Crippen LogP contribution in [0.4, 0.5) is 22.7 Å². The van der Waals surface area contributed by atoms with E-state index in [0.29, 0.717) is 5.01 Å². The topological polar surface area (TPSA) is 119 Å². The molecule has 9 nitrogen and oxygen atoms in total. The molecule has 0 radical (unpaired) electrons. The van der Waals surface area contributed by atoms with Gasteiger partial charge in [0.05, 0.1) is 15.1 Å². The summed E-state index contributed by atoms with van der Waals surface area (Å²) in [5.74, 6) is 0. The van der Waals surface area contributed by atoms with E-state index in [2.05, 4.69) is 5.29 Å². The predicted octanol–water partition coefficient (Wildman–Crippen LogP) is 3.32. The number of benzene rings is 2. The molecule has 2 aromatic carbocycles. The van der Waals surface area contributed by atoms with Gasteiger partial charge in [0, 0.05) is 12.1 Å².